The number of likely N-dealkylation sites (N-methyl/N-ethyl adjacent to an activating group) is 1. The van der Waals surface area contributed by atoms with Crippen molar-refractivity contribution in [1.82, 2.24) is 9.88 Å². The van der Waals surface area contributed by atoms with Crippen LogP contribution in [0.5, 0.6) is 0 Å². The first-order chi connectivity index (χ1) is 8.23. The van der Waals surface area contributed by atoms with Gasteiger partial charge in [-0.15, -0.1) is 0 Å². The Labute approximate surface area is 104 Å². The molecule has 0 bridgehead atoms. The van der Waals surface area contributed by atoms with E-state index in [1.807, 2.05) is 18.3 Å². The van der Waals surface area contributed by atoms with Gasteiger partial charge in [0.25, 0.3) is 0 Å². The van der Waals surface area contributed by atoms with E-state index in [1.54, 1.807) is 0 Å². The third-order valence-electron chi connectivity index (χ3n) is 4.19. The van der Waals surface area contributed by atoms with E-state index in [0.29, 0.717) is 0 Å². The molecule has 0 spiro atoms. The lowest BCUT2D eigenvalue weighted by atomic mass is 9.88. The van der Waals surface area contributed by atoms with E-state index < -0.39 is 0 Å². The Hall–Kier alpha value is -0.930. The summed E-state index contributed by atoms with van der Waals surface area (Å²) < 4.78 is 0. The Morgan fingerprint density at radius 1 is 1.47 bits per heavy atom. The van der Waals surface area contributed by atoms with Crippen LogP contribution in [0.2, 0.25) is 0 Å². The van der Waals surface area contributed by atoms with Crippen molar-refractivity contribution in [3.05, 3.63) is 30.1 Å². The van der Waals surface area contributed by atoms with Crippen molar-refractivity contribution in [2.75, 3.05) is 13.6 Å². The first kappa shape index (κ1) is 12.5. The molecule has 94 valence electrons. The van der Waals surface area contributed by atoms with Crippen molar-refractivity contribution in [3.63, 3.8) is 0 Å². The molecule has 2 rings (SSSR count). The molecule has 2 N–H and O–H groups in total. The normalized spacial score (nSPS) is 19.3. The summed E-state index contributed by atoms with van der Waals surface area (Å²) in [4.78, 5) is 6.81. The SMILES string of the molecule is CCC(CN)(C1CC1)N(C)Cc1ccccn1. The molecule has 0 radical (unpaired) electrons. The van der Waals surface area contributed by atoms with Crippen LogP contribution in [0, 0.1) is 5.92 Å². The molecule has 1 aliphatic carbocycles. The molecule has 1 atom stereocenters. The summed E-state index contributed by atoms with van der Waals surface area (Å²) in [5, 5.41) is 0. The predicted molar refractivity (Wildman–Crippen MR) is 70.5 cm³/mol. The van der Waals surface area contributed by atoms with Crippen molar-refractivity contribution in [2.45, 2.75) is 38.3 Å². The van der Waals surface area contributed by atoms with Gasteiger partial charge in [0.2, 0.25) is 0 Å². The number of hydrogen-bond acceptors (Lipinski definition) is 3. The molecular weight excluding hydrogens is 210 g/mol. The van der Waals surface area contributed by atoms with Crippen LogP contribution in [0.1, 0.15) is 31.9 Å². The molecule has 1 heterocycles. The van der Waals surface area contributed by atoms with E-state index in [4.69, 9.17) is 5.73 Å². The minimum atomic E-state index is 0.178. The smallest absolute Gasteiger partial charge is 0.0544 e. The Bertz CT molecular complexity index is 342. The highest BCUT2D eigenvalue weighted by Gasteiger charge is 2.45. The van der Waals surface area contributed by atoms with E-state index in [-0.39, 0.29) is 5.54 Å². The van der Waals surface area contributed by atoms with Gasteiger partial charge in [-0.2, -0.15) is 0 Å². The van der Waals surface area contributed by atoms with E-state index in [0.717, 1.165) is 31.1 Å². The summed E-state index contributed by atoms with van der Waals surface area (Å²) in [5.74, 6) is 0.784. The van der Waals surface area contributed by atoms with Crippen LogP contribution in [-0.4, -0.2) is 29.0 Å². The fourth-order valence-electron chi connectivity index (χ4n) is 2.85. The first-order valence-corrected chi connectivity index (χ1v) is 6.54. The Balaban J connectivity index is 2.09. The number of aromatic nitrogens is 1. The van der Waals surface area contributed by atoms with Crippen molar-refractivity contribution in [1.29, 1.82) is 0 Å². The van der Waals surface area contributed by atoms with E-state index in [1.165, 1.54) is 12.8 Å². The molecule has 0 amide bonds. The lowest BCUT2D eigenvalue weighted by Gasteiger charge is -2.41. The predicted octanol–water partition coefficient (Wildman–Crippen LogP) is 2.03. The quantitative estimate of drug-likeness (QED) is 0.817. The van der Waals surface area contributed by atoms with Gasteiger partial charge in [-0.25, -0.2) is 0 Å². The summed E-state index contributed by atoms with van der Waals surface area (Å²) in [7, 11) is 2.18. The van der Waals surface area contributed by atoms with Crippen LogP contribution < -0.4 is 5.73 Å². The molecular formula is C14H23N3. The Morgan fingerprint density at radius 2 is 2.24 bits per heavy atom. The van der Waals surface area contributed by atoms with E-state index in [2.05, 4.69) is 29.9 Å². The van der Waals surface area contributed by atoms with Crippen LogP contribution in [0.25, 0.3) is 0 Å². The van der Waals surface area contributed by atoms with Crippen molar-refractivity contribution >= 4 is 0 Å². The maximum absolute atomic E-state index is 6.05. The molecule has 1 aromatic heterocycles. The zero-order valence-corrected chi connectivity index (χ0v) is 10.9. The maximum Gasteiger partial charge on any atom is 0.0544 e. The zero-order valence-electron chi connectivity index (χ0n) is 10.9. The Morgan fingerprint density at radius 3 is 2.71 bits per heavy atom. The average Bonchev–Trinajstić information content (AvgIpc) is 3.17. The van der Waals surface area contributed by atoms with Crippen LogP contribution >= 0.6 is 0 Å². The van der Waals surface area contributed by atoms with Crippen molar-refractivity contribution < 1.29 is 0 Å². The second-order valence-corrected chi connectivity index (χ2v) is 5.11. The van der Waals surface area contributed by atoms with Crippen molar-refractivity contribution in [2.24, 2.45) is 11.7 Å². The summed E-state index contributed by atoms with van der Waals surface area (Å²) in [6, 6.07) is 6.09. The van der Waals surface area contributed by atoms with Crippen LogP contribution in [0.4, 0.5) is 0 Å². The summed E-state index contributed by atoms with van der Waals surface area (Å²) in [5.41, 5.74) is 7.36. The molecule has 0 aliphatic heterocycles. The van der Waals surface area contributed by atoms with Gasteiger partial charge in [-0.05, 0) is 44.4 Å². The third-order valence-corrected chi connectivity index (χ3v) is 4.19. The minimum Gasteiger partial charge on any atom is -0.329 e. The number of nitrogens with zero attached hydrogens (tertiary/aromatic N) is 2. The molecule has 1 saturated carbocycles. The average molecular weight is 233 g/mol. The highest BCUT2D eigenvalue weighted by molar-refractivity contribution is 5.07. The van der Waals surface area contributed by atoms with Gasteiger partial charge < -0.3 is 5.73 Å². The van der Waals surface area contributed by atoms with Crippen LogP contribution in [-0.2, 0) is 6.54 Å². The van der Waals surface area contributed by atoms with Crippen LogP contribution in [0.3, 0.4) is 0 Å². The van der Waals surface area contributed by atoms with Gasteiger partial charge >= 0.3 is 0 Å². The highest BCUT2D eigenvalue weighted by atomic mass is 15.2. The molecule has 17 heavy (non-hydrogen) atoms. The summed E-state index contributed by atoms with van der Waals surface area (Å²) in [6.07, 6.45) is 5.64. The third kappa shape index (κ3) is 2.50. The number of nitrogens with two attached hydrogens (primary N) is 1. The maximum atomic E-state index is 6.05. The molecule has 1 aliphatic rings. The zero-order chi connectivity index (χ0) is 12.3. The number of hydrogen-bond donors (Lipinski definition) is 1. The van der Waals surface area contributed by atoms with E-state index in [9.17, 15) is 0 Å². The van der Waals surface area contributed by atoms with E-state index >= 15 is 0 Å². The van der Waals surface area contributed by atoms with Crippen LogP contribution in [0.15, 0.2) is 24.4 Å². The largest absolute Gasteiger partial charge is 0.329 e. The van der Waals surface area contributed by atoms with Crippen molar-refractivity contribution in [3.8, 4) is 0 Å². The first-order valence-electron chi connectivity index (χ1n) is 6.54. The molecule has 1 aromatic rings. The highest BCUT2D eigenvalue weighted by Crippen LogP contribution is 2.44. The Kier molecular flexibility index (Phi) is 3.79. The summed E-state index contributed by atoms with van der Waals surface area (Å²) >= 11 is 0. The fraction of sp³-hybridized carbons (Fsp3) is 0.643. The van der Waals surface area contributed by atoms with Gasteiger partial charge in [-0.3, -0.25) is 9.88 Å². The second kappa shape index (κ2) is 5.15. The molecule has 3 heteroatoms. The molecule has 0 aromatic carbocycles. The molecule has 0 saturated heterocycles. The molecule has 3 nitrogen and oxygen atoms in total. The van der Waals surface area contributed by atoms with Gasteiger partial charge in [-0.1, -0.05) is 13.0 Å². The number of rotatable bonds is 6. The molecule has 1 unspecified atom stereocenters. The number of pyridine rings is 1. The molecule has 1 fully saturated rings. The topological polar surface area (TPSA) is 42.1 Å². The van der Waals surface area contributed by atoms with Gasteiger partial charge in [0.1, 0.15) is 0 Å². The van der Waals surface area contributed by atoms with Gasteiger partial charge in [0, 0.05) is 24.8 Å². The lowest BCUT2D eigenvalue weighted by molar-refractivity contribution is 0.0879. The summed E-state index contributed by atoms with van der Waals surface area (Å²) in [6.45, 7) is 3.89. The fourth-order valence-corrected chi connectivity index (χ4v) is 2.85. The monoisotopic (exact) mass is 233 g/mol. The standard InChI is InChI=1S/C14H23N3/c1-3-14(11-15,12-7-8-12)17(2)10-13-6-4-5-9-16-13/h4-6,9,12H,3,7-8,10-11,15H2,1-2H3. The second-order valence-electron chi connectivity index (χ2n) is 5.11. The lowest BCUT2D eigenvalue weighted by Crippen LogP contribution is -2.53. The van der Waals surface area contributed by atoms with Gasteiger partial charge in [0.05, 0.1) is 5.69 Å². The van der Waals surface area contributed by atoms with Gasteiger partial charge in [0.15, 0.2) is 0 Å². The minimum absolute atomic E-state index is 0.178.